The Labute approximate surface area is 97.4 Å². The summed E-state index contributed by atoms with van der Waals surface area (Å²) in [6.45, 7) is 2.86. The van der Waals surface area contributed by atoms with Gasteiger partial charge in [0, 0.05) is 22.6 Å². The normalized spacial score (nSPS) is 13.3. The van der Waals surface area contributed by atoms with Gasteiger partial charge in [-0.15, -0.1) is 0 Å². The fourth-order valence-electron chi connectivity index (χ4n) is 1.60. The molecule has 3 nitrogen and oxygen atoms in total. The number of imidazole rings is 1. The molecule has 0 spiro atoms. The number of hydrogen-bond acceptors (Lipinski definition) is 2. The molecule has 80 valence electrons. The molecule has 1 atom stereocenters. The maximum Gasteiger partial charge on any atom is 0.136 e. The van der Waals surface area contributed by atoms with Crippen LogP contribution in [0.2, 0.25) is 0 Å². The zero-order valence-corrected chi connectivity index (χ0v) is 10.2. The van der Waals surface area contributed by atoms with E-state index in [2.05, 4.69) is 32.2 Å². The van der Waals surface area contributed by atoms with Crippen molar-refractivity contribution in [3.63, 3.8) is 0 Å². The molecule has 0 aromatic carbocycles. The molecule has 0 fully saturated rings. The number of halogens is 1. The lowest BCUT2D eigenvalue weighted by atomic mass is 10.1. The number of hydrogen-bond donors (Lipinski definition) is 1. The SMILES string of the molecule is CC(CN)Cc1cnc2ccc(Br)cn12. The molecule has 2 aromatic heterocycles. The summed E-state index contributed by atoms with van der Waals surface area (Å²) in [6, 6.07) is 4.00. The highest BCUT2D eigenvalue weighted by Gasteiger charge is 2.07. The molecule has 0 saturated carbocycles. The second-order valence-corrected chi connectivity index (χ2v) is 4.79. The highest BCUT2D eigenvalue weighted by molar-refractivity contribution is 9.10. The van der Waals surface area contributed by atoms with Crippen molar-refractivity contribution in [3.05, 3.63) is 34.7 Å². The van der Waals surface area contributed by atoms with Crippen LogP contribution in [0.5, 0.6) is 0 Å². The fourth-order valence-corrected chi connectivity index (χ4v) is 1.93. The molecule has 0 bridgehead atoms. The number of aromatic nitrogens is 2. The standard InChI is InChI=1S/C11H14BrN3/c1-8(5-13)4-10-6-14-11-3-2-9(12)7-15(10)11/h2-3,6-8H,4-5,13H2,1H3. The predicted octanol–water partition coefficient (Wildman–Crippen LogP) is 2.23. The Kier molecular flexibility index (Phi) is 3.07. The first-order valence-electron chi connectivity index (χ1n) is 5.02. The van der Waals surface area contributed by atoms with E-state index in [9.17, 15) is 0 Å². The fraction of sp³-hybridized carbons (Fsp3) is 0.364. The van der Waals surface area contributed by atoms with Crippen molar-refractivity contribution in [2.45, 2.75) is 13.3 Å². The lowest BCUT2D eigenvalue weighted by molar-refractivity contribution is 0.582. The smallest absolute Gasteiger partial charge is 0.136 e. The molecule has 2 heterocycles. The minimum atomic E-state index is 0.490. The van der Waals surface area contributed by atoms with Gasteiger partial charge in [-0.25, -0.2) is 4.98 Å². The van der Waals surface area contributed by atoms with Gasteiger partial charge in [0.15, 0.2) is 0 Å². The number of pyridine rings is 1. The van der Waals surface area contributed by atoms with Gasteiger partial charge in [-0.3, -0.25) is 0 Å². The van der Waals surface area contributed by atoms with Crippen LogP contribution in [-0.4, -0.2) is 15.9 Å². The topological polar surface area (TPSA) is 43.3 Å². The maximum absolute atomic E-state index is 5.62. The van der Waals surface area contributed by atoms with Crippen LogP contribution in [0.4, 0.5) is 0 Å². The van der Waals surface area contributed by atoms with Crippen molar-refractivity contribution in [2.24, 2.45) is 11.7 Å². The summed E-state index contributed by atoms with van der Waals surface area (Å²) in [5, 5.41) is 0. The van der Waals surface area contributed by atoms with Crippen molar-refractivity contribution >= 4 is 21.6 Å². The van der Waals surface area contributed by atoms with Crippen LogP contribution in [0.1, 0.15) is 12.6 Å². The van der Waals surface area contributed by atoms with Crippen molar-refractivity contribution in [1.82, 2.24) is 9.38 Å². The van der Waals surface area contributed by atoms with Gasteiger partial charge in [-0.2, -0.15) is 0 Å². The van der Waals surface area contributed by atoms with Crippen molar-refractivity contribution < 1.29 is 0 Å². The molecule has 4 heteroatoms. The number of rotatable bonds is 3. The number of nitrogens with zero attached hydrogens (tertiary/aromatic N) is 2. The Morgan fingerprint density at radius 2 is 2.33 bits per heavy atom. The highest BCUT2D eigenvalue weighted by Crippen LogP contribution is 2.15. The van der Waals surface area contributed by atoms with E-state index in [0.717, 1.165) is 16.5 Å². The first-order chi connectivity index (χ1) is 7.20. The maximum atomic E-state index is 5.62. The minimum absolute atomic E-state index is 0.490. The van der Waals surface area contributed by atoms with E-state index in [1.54, 1.807) is 0 Å². The van der Waals surface area contributed by atoms with Gasteiger partial charge in [0.1, 0.15) is 5.65 Å². The van der Waals surface area contributed by atoms with Gasteiger partial charge in [0.05, 0.1) is 0 Å². The van der Waals surface area contributed by atoms with Gasteiger partial charge in [0.25, 0.3) is 0 Å². The largest absolute Gasteiger partial charge is 0.330 e. The monoisotopic (exact) mass is 267 g/mol. The summed E-state index contributed by atoms with van der Waals surface area (Å²) in [4.78, 5) is 4.35. The molecule has 1 unspecified atom stereocenters. The van der Waals surface area contributed by atoms with Gasteiger partial charge in [-0.1, -0.05) is 6.92 Å². The van der Waals surface area contributed by atoms with Crippen molar-refractivity contribution in [1.29, 1.82) is 0 Å². The summed E-state index contributed by atoms with van der Waals surface area (Å²) in [5.41, 5.74) is 7.82. The Morgan fingerprint density at radius 3 is 3.07 bits per heavy atom. The number of nitrogens with two attached hydrogens (primary N) is 1. The molecule has 0 aliphatic carbocycles. The van der Waals surface area contributed by atoms with E-state index in [4.69, 9.17) is 5.73 Å². The second-order valence-electron chi connectivity index (χ2n) is 3.87. The molecular weight excluding hydrogens is 254 g/mol. The first-order valence-corrected chi connectivity index (χ1v) is 5.81. The van der Waals surface area contributed by atoms with E-state index < -0.39 is 0 Å². The van der Waals surface area contributed by atoms with E-state index in [-0.39, 0.29) is 0 Å². The lowest BCUT2D eigenvalue weighted by Gasteiger charge is -2.07. The number of fused-ring (bicyclic) bond motifs is 1. The van der Waals surface area contributed by atoms with Gasteiger partial charge < -0.3 is 10.1 Å². The van der Waals surface area contributed by atoms with E-state index in [1.165, 1.54) is 5.69 Å². The quantitative estimate of drug-likeness (QED) is 0.927. The van der Waals surface area contributed by atoms with Crippen LogP contribution in [0.15, 0.2) is 29.0 Å². The lowest BCUT2D eigenvalue weighted by Crippen LogP contribution is -2.14. The van der Waals surface area contributed by atoms with Crippen molar-refractivity contribution in [2.75, 3.05) is 6.54 Å². The van der Waals surface area contributed by atoms with Crippen LogP contribution in [0.25, 0.3) is 5.65 Å². The molecule has 2 N–H and O–H groups in total. The molecule has 2 rings (SSSR count). The second kappa shape index (κ2) is 4.33. The molecular formula is C11H14BrN3. The van der Waals surface area contributed by atoms with Gasteiger partial charge >= 0.3 is 0 Å². The third kappa shape index (κ3) is 2.21. The summed E-state index contributed by atoms with van der Waals surface area (Å²) in [6.07, 6.45) is 4.93. The van der Waals surface area contributed by atoms with E-state index in [0.29, 0.717) is 12.5 Å². The molecule has 0 saturated heterocycles. The molecule has 2 aromatic rings. The van der Waals surface area contributed by atoms with E-state index >= 15 is 0 Å². The molecule has 15 heavy (non-hydrogen) atoms. The van der Waals surface area contributed by atoms with Gasteiger partial charge in [-0.05, 0) is 46.9 Å². The average Bonchev–Trinajstić information content (AvgIpc) is 2.61. The zero-order valence-electron chi connectivity index (χ0n) is 8.65. The third-order valence-corrected chi connectivity index (χ3v) is 2.98. The molecule has 0 amide bonds. The van der Waals surface area contributed by atoms with E-state index in [1.807, 2.05) is 24.5 Å². The summed E-state index contributed by atoms with van der Waals surface area (Å²) < 4.78 is 3.17. The zero-order chi connectivity index (χ0) is 10.8. The van der Waals surface area contributed by atoms with Crippen LogP contribution < -0.4 is 5.73 Å². The third-order valence-electron chi connectivity index (χ3n) is 2.51. The summed E-state index contributed by atoms with van der Waals surface area (Å²) >= 11 is 3.46. The van der Waals surface area contributed by atoms with Crippen LogP contribution >= 0.6 is 15.9 Å². The van der Waals surface area contributed by atoms with Gasteiger partial charge in [0.2, 0.25) is 0 Å². The molecule has 0 aliphatic rings. The summed E-state index contributed by atoms with van der Waals surface area (Å²) in [7, 11) is 0. The average molecular weight is 268 g/mol. The highest BCUT2D eigenvalue weighted by atomic mass is 79.9. The van der Waals surface area contributed by atoms with Crippen LogP contribution in [0, 0.1) is 5.92 Å². The van der Waals surface area contributed by atoms with Crippen LogP contribution in [-0.2, 0) is 6.42 Å². The summed E-state index contributed by atoms with van der Waals surface area (Å²) in [5.74, 6) is 0.490. The first kappa shape index (κ1) is 10.6. The molecule has 0 radical (unpaired) electrons. The predicted molar refractivity (Wildman–Crippen MR) is 64.8 cm³/mol. The Balaban J connectivity index is 2.39. The molecule has 0 aliphatic heterocycles. The Bertz CT molecular complexity index is 464. The van der Waals surface area contributed by atoms with Crippen molar-refractivity contribution in [3.8, 4) is 0 Å². The Morgan fingerprint density at radius 1 is 1.53 bits per heavy atom. The van der Waals surface area contributed by atoms with Crippen LogP contribution in [0.3, 0.4) is 0 Å². The Hall–Kier alpha value is -0.870. The minimum Gasteiger partial charge on any atom is -0.330 e.